The quantitative estimate of drug-likeness (QED) is 0.854. The Labute approximate surface area is 115 Å². The zero-order valence-electron chi connectivity index (χ0n) is 13.3. The van der Waals surface area contributed by atoms with Crippen LogP contribution < -0.4 is 0 Å². The lowest BCUT2D eigenvalue weighted by atomic mass is 9.86. The van der Waals surface area contributed by atoms with Crippen molar-refractivity contribution in [2.24, 2.45) is 5.92 Å². The number of carbonyl (C=O) groups is 2. The highest BCUT2D eigenvalue weighted by atomic mass is 16.6. The Morgan fingerprint density at radius 1 is 1.05 bits per heavy atom. The SMILES string of the molecule is CC(C)N(C(=O)OC(C)(C)C)C(C)(C(=O)O)C(C)C. The van der Waals surface area contributed by atoms with Gasteiger partial charge in [-0.05, 0) is 47.5 Å². The zero-order valence-corrected chi connectivity index (χ0v) is 13.3. The van der Waals surface area contributed by atoms with Crippen molar-refractivity contribution in [2.75, 3.05) is 0 Å². The van der Waals surface area contributed by atoms with Crippen LogP contribution in [0.2, 0.25) is 0 Å². The molecule has 0 saturated carbocycles. The Morgan fingerprint density at radius 3 is 1.68 bits per heavy atom. The molecule has 0 radical (unpaired) electrons. The number of carboxylic acids is 1. The van der Waals surface area contributed by atoms with Crippen LogP contribution in [0.1, 0.15) is 55.4 Å². The maximum absolute atomic E-state index is 12.3. The minimum absolute atomic E-state index is 0.236. The van der Waals surface area contributed by atoms with Crippen molar-refractivity contribution in [3.05, 3.63) is 0 Å². The number of hydrogen-bond donors (Lipinski definition) is 1. The van der Waals surface area contributed by atoms with E-state index in [2.05, 4.69) is 0 Å². The predicted molar refractivity (Wildman–Crippen MR) is 74.1 cm³/mol. The molecule has 0 aliphatic heterocycles. The largest absolute Gasteiger partial charge is 0.479 e. The van der Waals surface area contributed by atoms with Gasteiger partial charge in [-0.25, -0.2) is 9.59 Å². The van der Waals surface area contributed by atoms with Crippen LogP contribution in [0.3, 0.4) is 0 Å². The standard InChI is InChI=1S/C14H27NO4/c1-9(2)14(8,11(16)17)15(10(3)4)12(18)19-13(5,6)7/h9-10H,1-8H3,(H,16,17). The van der Waals surface area contributed by atoms with Gasteiger partial charge < -0.3 is 9.84 Å². The second kappa shape index (κ2) is 5.80. The molecule has 0 saturated heterocycles. The summed E-state index contributed by atoms with van der Waals surface area (Å²) in [5, 5.41) is 9.52. The van der Waals surface area contributed by atoms with Crippen LogP contribution in [0.4, 0.5) is 4.79 Å². The molecular weight excluding hydrogens is 246 g/mol. The van der Waals surface area contributed by atoms with E-state index in [1.807, 2.05) is 0 Å². The third-order valence-corrected chi connectivity index (χ3v) is 3.16. The third kappa shape index (κ3) is 4.11. The van der Waals surface area contributed by atoms with Crippen molar-refractivity contribution < 1.29 is 19.4 Å². The Kier molecular flexibility index (Phi) is 5.42. The van der Waals surface area contributed by atoms with Gasteiger partial charge in [-0.1, -0.05) is 13.8 Å². The summed E-state index contributed by atoms with van der Waals surface area (Å²) in [6.45, 7) is 14.0. The van der Waals surface area contributed by atoms with E-state index in [0.717, 1.165) is 0 Å². The number of carboxylic acid groups (broad SMARTS) is 1. The number of rotatable bonds is 4. The molecule has 0 aromatic rings. The van der Waals surface area contributed by atoms with Crippen LogP contribution in [0.15, 0.2) is 0 Å². The second-order valence-corrected chi connectivity index (χ2v) is 6.55. The molecule has 112 valence electrons. The van der Waals surface area contributed by atoms with E-state index in [4.69, 9.17) is 4.74 Å². The smallest absolute Gasteiger partial charge is 0.411 e. The number of aliphatic carboxylic acids is 1. The number of ether oxygens (including phenoxy) is 1. The number of nitrogens with zero attached hydrogens (tertiary/aromatic N) is 1. The van der Waals surface area contributed by atoms with Gasteiger partial charge in [0, 0.05) is 6.04 Å². The zero-order chi connectivity index (χ0) is 15.6. The maximum Gasteiger partial charge on any atom is 0.411 e. The van der Waals surface area contributed by atoms with Gasteiger partial charge >= 0.3 is 12.1 Å². The lowest BCUT2D eigenvalue weighted by Crippen LogP contribution is -2.61. The molecule has 1 atom stereocenters. The van der Waals surface area contributed by atoms with Crippen LogP contribution in [0.5, 0.6) is 0 Å². The fraction of sp³-hybridized carbons (Fsp3) is 0.857. The summed E-state index contributed by atoms with van der Waals surface area (Å²) in [5.74, 6) is -1.26. The molecule has 0 rings (SSSR count). The van der Waals surface area contributed by atoms with Crippen LogP contribution in [0, 0.1) is 5.92 Å². The highest BCUT2D eigenvalue weighted by molar-refractivity contribution is 5.84. The lowest BCUT2D eigenvalue weighted by Gasteiger charge is -2.43. The van der Waals surface area contributed by atoms with E-state index < -0.39 is 23.2 Å². The number of amides is 1. The molecule has 0 aromatic carbocycles. The molecule has 1 unspecified atom stereocenters. The summed E-state index contributed by atoms with van der Waals surface area (Å²) in [6, 6.07) is -0.265. The molecule has 0 fully saturated rings. The van der Waals surface area contributed by atoms with E-state index in [-0.39, 0.29) is 12.0 Å². The van der Waals surface area contributed by atoms with Crippen molar-refractivity contribution in [2.45, 2.75) is 72.6 Å². The van der Waals surface area contributed by atoms with Gasteiger partial charge in [0.2, 0.25) is 0 Å². The minimum atomic E-state index is -1.30. The first-order chi connectivity index (χ1) is 8.34. The summed E-state index contributed by atoms with van der Waals surface area (Å²) in [5.41, 5.74) is -1.95. The van der Waals surface area contributed by atoms with Crippen molar-refractivity contribution >= 4 is 12.1 Å². The van der Waals surface area contributed by atoms with Crippen LogP contribution >= 0.6 is 0 Å². The van der Waals surface area contributed by atoms with Gasteiger partial charge in [-0.2, -0.15) is 0 Å². The lowest BCUT2D eigenvalue weighted by molar-refractivity contribution is -0.154. The maximum atomic E-state index is 12.3. The first-order valence-corrected chi connectivity index (χ1v) is 6.59. The summed E-state index contributed by atoms with van der Waals surface area (Å²) < 4.78 is 5.33. The molecule has 0 aliphatic rings. The summed E-state index contributed by atoms with van der Waals surface area (Å²) >= 11 is 0. The number of carbonyl (C=O) groups excluding carboxylic acids is 1. The molecule has 0 heterocycles. The molecule has 0 bridgehead atoms. The fourth-order valence-electron chi connectivity index (χ4n) is 1.88. The minimum Gasteiger partial charge on any atom is -0.479 e. The van der Waals surface area contributed by atoms with E-state index in [1.54, 1.807) is 55.4 Å². The van der Waals surface area contributed by atoms with Crippen molar-refractivity contribution in [1.82, 2.24) is 4.90 Å². The molecule has 0 aliphatic carbocycles. The summed E-state index contributed by atoms with van der Waals surface area (Å²) in [7, 11) is 0. The van der Waals surface area contributed by atoms with Gasteiger partial charge in [-0.3, -0.25) is 4.90 Å². The van der Waals surface area contributed by atoms with E-state index in [1.165, 1.54) is 4.90 Å². The average molecular weight is 273 g/mol. The molecule has 5 nitrogen and oxygen atoms in total. The van der Waals surface area contributed by atoms with Crippen LogP contribution in [-0.4, -0.2) is 39.3 Å². The number of hydrogen-bond acceptors (Lipinski definition) is 3. The van der Waals surface area contributed by atoms with E-state index in [0.29, 0.717) is 0 Å². The topological polar surface area (TPSA) is 66.8 Å². The van der Waals surface area contributed by atoms with Crippen LogP contribution in [-0.2, 0) is 9.53 Å². The highest BCUT2D eigenvalue weighted by Gasteiger charge is 2.47. The highest BCUT2D eigenvalue weighted by Crippen LogP contribution is 2.29. The third-order valence-electron chi connectivity index (χ3n) is 3.16. The molecule has 1 amide bonds. The fourth-order valence-corrected chi connectivity index (χ4v) is 1.88. The van der Waals surface area contributed by atoms with Gasteiger partial charge in [0.05, 0.1) is 0 Å². The molecular formula is C14H27NO4. The van der Waals surface area contributed by atoms with Gasteiger partial charge in [0.1, 0.15) is 11.1 Å². The van der Waals surface area contributed by atoms with Gasteiger partial charge in [0.25, 0.3) is 0 Å². The Balaban J connectivity index is 5.54. The Hall–Kier alpha value is -1.26. The molecule has 0 spiro atoms. The van der Waals surface area contributed by atoms with E-state index >= 15 is 0 Å². The first kappa shape index (κ1) is 17.7. The van der Waals surface area contributed by atoms with E-state index in [9.17, 15) is 14.7 Å². The van der Waals surface area contributed by atoms with Crippen molar-refractivity contribution in [3.8, 4) is 0 Å². The van der Waals surface area contributed by atoms with Crippen molar-refractivity contribution in [1.29, 1.82) is 0 Å². The summed E-state index contributed by atoms with van der Waals surface area (Å²) in [6.07, 6.45) is -0.596. The predicted octanol–water partition coefficient (Wildman–Crippen LogP) is 3.13. The van der Waals surface area contributed by atoms with Crippen LogP contribution in [0.25, 0.3) is 0 Å². The van der Waals surface area contributed by atoms with Crippen molar-refractivity contribution in [3.63, 3.8) is 0 Å². The summed E-state index contributed by atoms with van der Waals surface area (Å²) in [4.78, 5) is 25.2. The van der Waals surface area contributed by atoms with Gasteiger partial charge in [-0.15, -0.1) is 0 Å². The Morgan fingerprint density at radius 2 is 1.47 bits per heavy atom. The Bertz CT molecular complexity index is 344. The molecule has 0 aromatic heterocycles. The normalized spacial score (nSPS) is 15.3. The average Bonchev–Trinajstić information content (AvgIpc) is 2.12. The molecule has 1 N–H and O–H groups in total. The molecule has 19 heavy (non-hydrogen) atoms. The molecule has 5 heteroatoms. The van der Waals surface area contributed by atoms with Gasteiger partial charge in [0.15, 0.2) is 0 Å². The second-order valence-electron chi connectivity index (χ2n) is 6.55. The first-order valence-electron chi connectivity index (χ1n) is 6.59. The monoisotopic (exact) mass is 273 g/mol.